The first kappa shape index (κ1) is 4.19. The minimum Gasteiger partial charge on any atom is -0.229 e. The van der Waals surface area contributed by atoms with Gasteiger partial charge < -0.3 is 0 Å². The molecular formula is C4H7NS. The molecule has 1 nitrogen and oxygen atoms in total. The minimum atomic E-state index is 0.718. The predicted molar refractivity (Wildman–Crippen MR) is 30.1 cm³/mol. The SMILES string of the molecule is C[C@@H]1C=NSC1. The maximum absolute atomic E-state index is 3.96. The summed E-state index contributed by atoms with van der Waals surface area (Å²) in [5, 5.41) is 0. The summed E-state index contributed by atoms with van der Waals surface area (Å²) in [5.74, 6) is 1.90. The molecule has 0 saturated carbocycles. The van der Waals surface area contributed by atoms with Crippen LogP contribution in [0.3, 0.4) is 0 Å². The fraction of sp³-hybridized carbons (Fsp3) is 0.750. The Bertz CT molecular complexity index is 69.9. The van der Waals surface area contributed by atoms with Crippen molar-refractivity contribution in [3.8, 4) is 0 Å². The lowest BCUT2D eigenvalue weighted by Crippen LogP contribution is -1.89. The first-order valence-electron chi connectivity index (χ1n) is 2.05. The second-order valence-electron chi connectivity index (χ2n) is 1.53. The monoisotopic (exact) mass is 101 g/mol. The second-order valence-corrected chi connectivity index (χ2v) is 2.33. The summed E-state index contributed by atoms with van der Waals surface area (Å²) in [4.78, 5) is 0. The Hall–Kier alpha value is 0.0200. The molecular weight excluding hydrogens is 94.1 g/mol. The largest absolute Gasteiger partial charge is 0.229 e. The van der Waals surface area contributed by atoms with Crippen molar-refractivity contribution in [2.75, 3.05) is 5.75 Å². The van der Waals surface area contributed by atoms with E-state index in [-0.39, 0.29) is 0 Å². The molecule has 0 aromatic heterocycles. The molecule has 1 aliphatic heterocycles. The summed E-state index contributed by atoms with van der Waals surface area (Å²) in [7, 11) is 0. The van der Waals surface area contributed by atoms with E-state index in [2.05, 4.69) is 11.3 Å². The fourth-order valence-corrected chi connectivity index (χ4v) is 1.05. The molecule has 0 spiro atoms. The van der Waals surface area contributed by atoms with Crippen molar-refractivity contribution in [2.24, 2.45) is 10.3 Å². The lowest BCUT2D eigenvalue weighted by atomic mass is 10.3. The molecule has 0 radical (unpaired) electrons. The number of hydrogen-bond donors (Lipinski definition) is 0. The van der Waals surface area contributed by atoms with E-state index in [1.54, 1.807) is 11.9 Å². The Kier molecular flexibility index (Phi) is 1.15. The maximum Gasteiger partial charge on any atom is 0.0228 e. The smallest absolute Gasteiger partial charge is 0.0228 e. The summed E-state index contributed by atoms with van der Waals surface area (Å²) >= 11 is 1.65. The zero-order valence-corrected chi connectivity index (χ0v) is 4.53. The van der Waals surface area contributed by atoms with E-state index in [0.29, 0.717) is 0 Å². The van der Waals surface area contributed by atoms with Gasteiger partial charge in [-0.3, -0.25) is 0 Å². The van der Waals surface area contributed by atoms with Gasteiger partial charge in [0.1, 0.15) is 0 Å². The first-order chi connectivity index (χ1) is 2.89. The Morgan fingerprint density at radius 2 is 2.83 bits per heavy atom. The molecule has 0 aromatic carbocycles. The first-order valence-corrected chi connectivity index (χ1v) is 2.99. The van der Waals surface area contributed by atoms with Gasteiger partial charge in [0.25, 0.3) is 0 Å². The average Bonchev–Trinajstić information content (AvgIpc) is 1.86. The number of nitrogens with zero attached hydrogens (tertiary/aromatic N) is 1. The summed E-state index contributed by atoms with van der Waals surface area (Å²) in [6, 6.07) is 0. The molecule has 0 bridgehead atoms. The van der Waals surface area contributed by atoms with E-state index in [1.165, 1.54) is 5.75 Å². The van der Waals surface area contributed by atoms with Crippen LogP contribution in [0.15, 0.2) is 4.40 Å². The van der Waals surface area contributed by atoms with Crippen molar-refractivity contribution in [1.29, 1.82) is 0 Å². The molecule has 2 heteroatoms. The summed E-state index contributed by atoms with van der Waals surface area (Å²) in [6.07, 6.45) is 1.99. The van der Waals surface area contributed by atoms with Gasteiger partial charge in [0.2, 0.25) is 0 Å². The van der Waals surface area contributed by atoms with Crippen molar-refractivity contribution in [3.63, 3.8) is 0 Å². The van der Waals surface area contributed by atoms with Crippen molar-refractivity contribution >= 4 is 18.2 Å². The molecule has 0 saturated heterocycles. The molecule has 6 heavy (non-hydrogen) atoms. The zero-order valence-electron chi connectivity index (χ0n) is 3.72. The summed E-state index contributed by atoms with van der Waals surface area (Å²) in [5.41, 5.74) is 0. The van der Waals surface area contributed by atoms with Crippen molar-refractivity contribution < 1.29 is 0 Å². The van der Waals surface area contributed by atoms with E-state index < -0.39 is 0 Å². The van der Waals surface area contributed by atoms with Crippen LogP contribution in [0.4, 0.5) is 0 Å². The molecule has 1 rings (SSSR count). The van der Waals surface area contributed by atoms with Crippen molar-refractivity contribution in [1.82, 2.24) is 0 Å². The van der Waals surface area contributed by atoms with Crippen LogP contribution in [0.2, 0.25) is 0 Å². The highest BCUT2D eigenvalue weighted by Gasteiger charge is 2.01. The van der Waals surface area contributed by atoms with Gasteiger partial charge >= 0.3 is 0 Å². The van der Waals surface area contributed by atoms with Gasteiger partial charge in [0.15, 0.2) is 0 Å². The van der Waals surface area contributed by atoms with Crippen LogP contribution in [-0.4, -0.2) is 12.0 Å². The predicted octanol–water partition coefficient (Wildman–Crippen LogP) is 1.36. The standard InChI is InChI=1S/C4H7NS/c1-4-2-5-6-3-4/h2,4H,3H2,1H3/t4-/m1/s1. The van der Waals surface area contributed by atoms with Gasteiger partial charge in [0.05, 0.1) is 0 Å². The lowest BCUT2D eigenvalue weighted by molar-refractivity contribution is 0.941. The van der Waals surface area contributed by atoms with Crippen LogP contribution in [0.5, 0.6) is 0 Å². The zero-order chi connectivity index (χ0) is 4.41. The number of rotatable bonds is 0. The quantitative estimate of drug-likeness (QED) is 0.420. The van der Waals surface area contributed by atoms with Gasteiger partial charge in [-0.25, -0.2) is 4.40 Å². The van der Waals surface area contributed by atoms with E-state index in [0.717, 1.165) is 5.92 Å². The molecule has 0 amide bonds. The van der Waals surface area contributed by atoms with Gasteiger partial charge in [-0.1, -0.05) is 6.92 Å². The normalized spacial score (nSPS) is 31.8. The average molecular weight is 101 g/mol. The lowest BCUT2D eigenvalue weighted by Gasteiger charge is -1.85. The molecule has 1 atom stereocenters. The van der Waals surface area contributed by atoms with Crippen molar-refractivity contribution in [2.45, 2.75) is 6.92 Å². The van der Waals surface area contributed by atoms with E-state index in [1.807, 2.05) is 6.21 Å². The molecule has 0 unspecified atom stereocenters. The molecule has 0 fully saturated rings. The highest BCUT2D eigenvalue weighted by atomic mass is 32.2. The summed E-state index contributed by atoms with van der Waals surface area (Å²) in [6.45, 7) is 2.17. The highest BCUT2D eigenvalue weighted by Crippen LogP contribution is 2.14. The van der Waals surface area contributed by atoms with Gasteiger partial charge in [-0.05, 0) is 11.9 Å². The molecule has 0 aliphatic carbocycles. The summed E-state index contributed by atoms with van der Waals surface area (Å²) < 4.78 is 3.96. The van der Waals surface area contributed by atoms with Crippen molar-refractivity contribution in [3.05, 3.63) is 0 Å². The van der Waals surface area contributed by atoms with Gasteiger partial charge in [-0.15, -0.1) is 0 Å². The molecule has 34 valence electrons. The van der Waals surface area contributed by atoms with Gasteiger partial charge in [-0.2, -0.15) is 0 Å². The van der Waals surface area contributed by atoms with Crippen LogP contribution in [0, 0.1) is 5.92 Å². The van der Waals surface area contributed by atoms with E-state index in [4.69, 9.17) is 0 Å². The molecule has 1 heterocycles. The Morgan fingerprint density at radius 1 is 2.00 bits per heavy atom. The molecule has 1 aliphatic rings. The third-order valence-corrected chi connectivity index (χ3v) is 1.67. The fourth-order valence-electron chi connectivity index (χ4n) is 0.351. The highest BCUT2D eigenvalue weighted by molar-refractivity contribution is 7.98. The molecule has 0 N–H and O–H groups in total. The van der Waals surface area contributed by atoms with Gasteiger partial charge in [0, 0.05) is 17.9 Å². The third kappa shape index (κ3) is 0.744. The second kappa shape index (κ2) is 1.65. The van der Waals surface area contributed by atoms with E-state index in [9.17, 15) is 0 Å². The van der Waals surface area contributed by atoms with Crippen LogP contribution in [-0.2, 0) is 0 Å². The van der Waals surface area contributed by atoms with Crippen LogP contribution >= 0.6 is 11.9 Å². The topological polar surface area (TPSA) is 12.4 Å². The van der Waals surface area contributed by atoms with Crippen LogP contribution in [0.1, 0.15) is 6.92 Å². The number of hydrogen-bond acceptors (Lipinski definition) is 2. The Morgan fingerprint density at radius 3 is 3.00 bits per heavy atom. The third-order valence-electron chi connectivity index (χ3n) is 0.727. The van der Waals surface area contributed by atoms with Crippen LogP contribution in [0.25, 0.3) is 0 Å². The van der Waals surface area contributed by atoms with E-state index >= 15 is 0 Å². The molecule has 0 aromatic rings. The Labute approximate surface area is 42.0 Å². The Balaban J connectivity index is 2.38. The minimum absolute atomic E-state index is 0.718. The maximum atomic E-state index is 3.96. The van der Waals surface area contributed by atoms with Crippen LogP contribution < -0.4 is 0 Å².